The van der Waals surface area contributed by atoms with Crippen molar-refractivity contribution in [3.63, 3.8) is 0 Å². The van der Waals surface area contributed by atoms with E-state index < -0.39 is 0 Å². The Bertz CT molecular complexity index is 422. The maximum Gasteiger partial charge on any atom is 0.0850 e. The van der Waals surface area contributed by atoms with Crippen LogP contribution in [0.15, 0.2) is 42.6 Å². The average molecular weight is 202 g/mol. The molecule has 3 heteroatoms. The molecule has 0 bridgehead atoms. The van der Waals surface area contributed by atoms with Gasteiger partial charge in [-0.05, 0) is 18.6 Å². The van der Waals surface area contributed by atoms with E-state index in [1.165, 1.54) is 5.56 Å². The highest BCUT2D eigenvalue weighted by Crippen LogP contribution is 2.18. The van der Waals surface area contributed by atoms with Crippen molar-refractivity contribution >= 4 is 0 Å². The molecule has 0 amide bonds. The minimum absolute atomic E-state index is 0.0250. The monoisotopic (exact) mass is 202 g/mol. The zero-order valence-corrected chi connectivity index (χ0v) is 8.67. The van der Waals surface area contributed by atoms with E-state index in [1.54, 1.807) is 6.20 Å². The van der Waals surface area contributed by atoms with Crippen molar-refractivity contribution in [2.24, 2.45) is 0 Å². The zero-order chi connectivity index (χ0) is 10.7. The van der Waals surface area contributed by atoms with Gasteiger partial charge in [-0.2, -0.15) is 5.10 Å². The lowest BCUT2D eigenvalue weighted by atomic mass is 10.1. The largest absolute Gasteiger partial charge is 0.390 e. The summed E-state index contributed by atoms with van der Waals surface area (Å²) in [5.74, 6) is 0. The van der Waals surface area contributed by atoms with Gasteiger partial charge in [0.2, 0.25) is 0 Å². The van der Waals surface area contributed by atoms with Gasteiger partial charge in [-0.25, -0.2) is 0 Å². The van der Waals surface area contributed by atoms with Crippen LogP contribution in [0.4, 0.5) is 0 Å². The smallest absolute Gasteiger partial charge is 0.0850 e. The lowest BCUT2D eigenvalue weighted by Gasteiger charge is -2.15. The molecule has 0 spiro atoms. The van der Waals surface area contributed by atoms with Crippen LogP contribution in [0.5, 0.6) is 0 Å². The van der Waals surface area contributed by atoms with Crippen molar-refractivity contribution in [2.45, 2.75) is 19.6 Å². The Labute approximate surface area is 89.0 Å². The Hall–Kier alpha value is -1.61. The second kappa shape index (κ2) is 4.28. The number of aromatic nitrogens is 2. The van der Waals surface area contributed by atoms with Crippen molar-refractivity contribution in [3.8, 4) is 0 Å². The Morgan fingerprint density at radius 2 is 2.00 bits per heavy atom. The van der Waals surface area contributed by atoms with Gasteiger partial charge in [0.25, 0.3) is 0 Å². The Kier molecular flexibility index (Phi) is 2.83. The van der Waals surface area contributed by atoms with Gasteiger partial charge >= 0.3 is 0 Å². The summed E-state index contributed by atoms with van der Waals surface area (Å²) in [6, 6.07) is 12.1. The summed E-state index contributed by atoms with van der Waals surface area (Å²) in [5, 5.41) is 13.4. The third-order valence-corrected chi connectivity index (χ3v) is 2.56. The van der Waals surface area contributed by atoms with Gasteiger partial charge in [-0.3, -0.25) is 4.68 Å². The molecule has 15 heavy (non-hydrogen) atoms. The number of nitrogens with zero attached hydrogens (tertiary/aromatic N) is 2. The van der Waals surface area contributed by atoms with Crippen LogP contribution in [0.1, 0.15) is 24.2 Å². The third-order valence-electron chi connectivity index (χ3n) is 2.56. The molecule has 1 atom stereocenters. The molecule has 0 aliphatic rings. The van der Waals surface area contributed by atoms with E-state index in [2.05, 4.69) is 24.2 Å². The maximum absolute atomic E-state index is 9.14. The predicted octanol–water partition coefficient (Wildman–Crippen LogP) is 1.98. The van der Waals surface area contributed by atoms with Gasteiger partial charge in [-0.15, -0.1) is 0 Å². The van der Waals surface area contributed by atoms with Crippen LogP contribution in [0, 0.1) is 0 Å². The molecule has 0 aliphatic heterocycles. The summed E-state index contributed by atoms with van der Waals surface area (Å²) < 4.78 is 1.84. The topological polar surface area (TPSA) is 38.0 Å². The van der Waals surface area contributed by atoms with Crippen molar-refractivity contribution in [1.82, 2.24) is 9.78 Å². The number of hydrogen-bond donors (Lipinski definition) is 1. The van der Waals surface area contributed by atoms with Crippen LogP contribution >= 0.6 is 0 Å². The van der Waals surface area contributed by atoms with E-state index in [0.29, 0.717) is 0 Å². The fourth-order valence-electron chi connectivity index (χ4n) is 1.69. The molecule has 1 heterocycles. The molecule has 1 N–H and O–H groups in total. The number of benzene rings is 1. The molecule has 1 aromatic carbocycles. The standard InChI is InChI=1S/C12H14N2O/c1-10(11-5-3-2-4-6-11)14-12(9-15)7-8-13-14/h2-8,10,15H,9H2,1H3/t10-/m1/s1. The highest BCUT2D eigenvalue weighted by atomic mass is 16.3. The van der Waals surface area contributed by atoms with Crippen LogP contribution in [-0.2, 0) is 6.61 Å². The lowest BCUT2D eigenvalue weighted by Crippen LogP contribution is -2.11. The third kappa shape index (κ3) is 1.92. The summed E-state index contributed by atoms with van der Waals surface area (Å²) in [7, 11) is 0. The molecule has 0 fully saturated rings. The molecule has 0 saturated heterocycles. The van der Waals surface area contributed by atoms with Gasteiger partial charge in [-0.1, -0.05) is 30.3 Å². The number of aliphatic hydroxyl groups excluding tert-OH is 1. The highest BCUT2D eigenvalue weighted by Gasteiger charge is 2.10. The van der Waals surface area contributed by atoms with Gasteiger partial charge in [0.1, 0.15) is 0 Å². The molecule has 3 nitrogen and oxygen atoms in total. The fourth-order valence-corrected chi connectivity index (χ4v) is 1.69. The molecular weight excluding hydrogens is 188 g/mol. The van der Waals surface area contributed by atoms with E-state index >= 15 is 0 Å². The van der Waals surface area contributed by atoms with E-state index in [9.17, 15) is 0 Å². The highest BCUT2D eigenvalue weighted by molar-refractivity contribution is 5.19. The van der Waals surface area contributed by atoms with Gasteiger partial charge in [0, 0.05) is 6.20 Å². The SMILES string of the molecule is C[C@H](c1ccccc1)n1nccc1CO. The molecule has 0 aliphatic carbocycles. The molecule has 0 unspecified atom stereocenters. The second-order valence-electron chi connectivity index (χ2n) is 3.51. The van der Waals surface area contributed by atoms with Crippen molar-refractivity contribution in [3.05, 3.63) is 53.9 Å². The Morgan fingerprint density at radius 1 is 1.27 bits per heavy atom. The van der Waals surface area contributed by atoms with Crippen LogP contribution < -0.4 is 0 Å². The first-order chi connectivity index (χ1) is 7.33. The van der Waals surface area contributed by atoms with Crippen LogP contribution in [-0.4, -0.2) is 14.9 Å². The second-order valence-corrected chi connectivity index (χ2v) is 3.51. The first-order valence-corrected chi connectivity index (χ1v) is 5.01. The normalized spacial score (nSPS) is 12.7. The molecular formula is C12H14N2O. The first-order valence-electron chi connectivity index (χ1n) is 5.01. The van der Waals surface area contributed by atoms with Crippen LogP contribution in [0.2, 0.25) is 0 Å². The minimum Gasteiger partial charge on any atom is -0.390 e. The fraction of sp³-hybridized carbons (Fsp3) is 0.250. The van der Waals surface area contributed by atoms with Gasteiger partial charge in [0.15, 0.2) is 0 Å². The summed E-state index contributed by atoms with van der Waals surface area (Å²) in [6.45, 7) is 2.10. The number of aliphatic hydroxyl groups is 1. The van der Waals surface area contributed by atoms with Crippen LogP contribution in [0.3, 0.4) is 0 Å². The van der Waals surface area contributed by atoms with E-state index in [1.807, 2.05) is 28.9 Å². The lowest BCUT2D eigenvalue weighted by molar-refractivity contribution is 0.265. The van der Waals surface area contributed by atoms with Crippen molar-refractivity contribution < 1.29 is 5.11 Å². The quantitative estimate of drug-likeness (QED) is 0.826. The Balaban J connectivity index is 2.32. The summed E-state index contributed by atoms with van der Waals surface area (Å²) >= 11 is 0. The number of hydrogen-bond acceptors (Lipinski definition) is 2. The van der Waals surface area contributed by atoms with E-state index in [-0.39, 0.29) is 12.6 Å². The average Bonchev–Trinajstić information content (AvgIpc) is 2.77. The van der Waals surface area contributed by atoms with Crippen LogP contribution in [0.25, 0.3) is 0 Å². The molecule has 0 radical (unpaired) electrons. The predicted molar refractivity (Wildman–Crippen MR) is 58.4 cm³/mol. The minimum atomic E-state index is 0.0250. The van der Waals surface area contributed by atoms with E-state index in [4.69, 9.17) is 5.11 Å². The van der Waals surface area contributed by atoms with Gasteiger partial charge in [0.05, 0.1) is 18.3 Å². The molecule has 1 aromatic heterocycles. The Morgan fingerprint density at radius 3 is 2.67 bits per heavy atom. The first kappa shape index (κ1) is 9.93. The van der Waals surface area contributed by atoms with Gasteiger partial charge < -0.3 is 5.11 Å². The zero-order valence-electron chi connectivity index (χ0n) is 8.67. The maximum atomic E-state index is 9.14. The molecule has 0 saturated carbocycles. The molecule has 2 aromatic rings. The number of rotatable bonds is 3. The molecule has 78 valence electrons. The molecule has 2 rings (SSSR count). The summed E-state index contributed by atoms with van der Waals surface area (Å²) in [4.78, 5) is 0. The van der Waals surface area contributed by atoms with E-state index in [0.717, 1.165) is 5.69 Å². The summed E-state index contributed by atoms with van der Waals surface area (Å²) in [6.07, 6.45) is 1.71. The summed E-state index contributed by atoms with van der Waals surface area (Å²) in [5.41, 5.74) is 2.03. The van der Waals surface area contributed by atoms with Crippen molar-refractivity contribution in [1.29, 1.82) is 0 Å². The van der Waals surface area contributed by atoms with Crippen molar-refractivity contribution in [2.75, 3.05) is 0 Å².